The number of benzene rings is 2. The Balaban J connectivity index is 1.65. The van der Waals surface area contributed by atoms with Crippen molar-refractivity contribution in [3.8, 4) is 5.75 Å². The number of amides is 1. The van der Waals surface area contributed by atoms with E-state index in [0.717, 1.165) is 6.07 Å². The first kappa shape index (κ1) is 23.6. The van der Waals surface area contributed by atoms with Gasteiger partial charge in [0, 0.05) is 37.9 Å². The summed E-state index contributed by atoms with van der Waals surface area (Å²) in [6, 6.07) is 8.37. The molecule has 2 aromatic rings. The van der Waals surface area contributed by atoms with E-state index < -0.39 is 32.5 Å². The molecule has 2 aromatic carbocycles. The highest BCUT2D eigenvalue weighted by Gasteiger charge is 2.33. The predicted molar refractivity (Wildman–Crippen MR) is 114 cm³/mol. The fourth-order valence-electron chi connectivity index (χ4n) is 3.40. The van der Waals surface area contributed by atoms with Crippen molar-refractivity contribution in [3.63, 3.8) is 0 Å². The van der Waals surface area contributed by atoms with Gasteiger partial charge in [0.1, 0.15) is 5.82 Å². The first-order valence-corrected chi connectivity index (χ1v) is 11.2. The summed E-state index contributed by atoms with van der Waals surface area (Å²) in [5.74, 6) is -0.728. The number of methoxy groups -OCH3 is 1. The minimum Gasteiger partial charge on any atom is -0.490 e. The number of sulfonamides is 1. The van der Waals surface area contributed by atoms with Crippen LogP contribution >= 0.6 is 0 Å². The number of carbonyl (C=O) groups excluding carboxylic acids is 1. The lowest BCUT2D eigenvalue weighted by Gasteiger charge is -2.36. The number of carbonyl (C=O) groups is 1. The number of hydrogen-bond donors (Lipinski definition) is 1. The molecule has 172 valence electrons. The molecule has 1 saturated heterocycles. The zero-order valence-electron chi connectivity index (χ0n) is 17.5. The Morgan fingerprint density at radius 1 is 1.16 bits per heavy atom. The first-order valence-electron chi connectivity index (χ1n) is 9.76. The number of halogens is 1. The number of piperazine rings is 1. The lowest BCUT2D eigenvalue weighted by molar-refractivity contribution is -0.386. The Bertz CT molecular complexity index is 1100. The molecule has 0 saturated carbocycles. The van der Waals surface area contributed by atoms with Gasteiger partial charge in [0.25, 0.3) is 0 Å². The molecule has 12 heteroatoms. The molecule has 1 aliphatic heterocycles. The molecule has 0 aromatic heterocycles. The van der Waals surface area contributed by atoms with Crippen molar-refractivity contribution in [1.29, 1.82) is 0 Å². The molecule has 1 amide bonds. The summed E-state index contributed by atoms with van der Waals surface area (Å²) in [6.07, 6.45) is 0. The van der Waals surface area contributed by atoms with Gasteiger partial charge in [0.15, 0.2) is 5.75 Å². The van der Waals surface area contributed by atoms with Crippen molar-refractivity contribution in [2.75, 3.05) is 38.6 Å². The van der Waals surface area contributed by atoms with Crippen molar-refractivity contribution >= 4 is 27.3 Å². The second-order valence-electron chi connectivity index (χ2n) is 7.20. The van der Waals surface area contributed by atoms with Crippen LogP contribution in [0.15, 0.2) is 47.4 Å². The molecule has 0 spiro atoms. The van der Waals surface area contributed by atoms with Crippen LogP contribution in [-0.2, 0) is 14.8 Å². The minimum absolute atomic E-state index is 0.0280. The molecule has 1 atom stereocenters. The van der Waals surface area contributed by atoms with Gasteiger partial charge in [-0.2, -0.15) is 4.31 Å². The monoisotopic (exact) mass is 466 g/mol. The van der Waals surface area contributed by atoms with E-state index in [0.29, 0.717) is 18.8 Å². The summed E-state index contributed by atoms with van der Waals surface area (Å²) < 4.78 is 45.1. The quantitative estimate of drug-likeness (QED) is 0.490. The van der Waals surface area contributed by atoms with Crippen molar-refractivity contribution < 1.29 is 27.3 Å². The van der Waals surface area contributed by atoms with Crippen LogP contribution in [0.1, 0.15) is 6.92 Å². The molecule has 0 aliphatic carbocycles. The van der Waals surface area contributed by atoms with E-state index in [1.807, 2.05) is 4.90 Å². The predicted octanol–water partition coefficient (Wildman–Crippen LogP) is 2.08. The summed E-state index contributed by atoms with van der Waals surface area (Å²) in [5.41, 5.74) is 0.0314. The molecule has 0 radical (unpaired) electrons. The molecule has 32 heavy (non-hydrogen) atoms. The van der Waals surface area contributed by atoms with Gasteiger partial charge in [-0.15, -0.1) is 0 Å². The third-order valence-corrected chi connectivity index (χ3v) is 7.19. The highest BCUT2D eigenvalue weighted by molar-refractivity contribution is 7.89. The molecule has 10 nitrogen and oxygen atoms in total. The van der Waals surface area contributed by atoms with Crippen LogP contribution in [0.4, 0.5) is 15.8 Å². The summed E-state index contributed by atoms with van der Waals surface area (Å²) in [6.45, 7) is 2.55. The van der Waals surface area contributed by atoms with Crippen LogP contribution in [0, 0.1) is 15.9 Å². The average molecular weight is 466 g/mol. The van der Waals surface area contributed by atoms with Gasteiger partial charge in [0.2, 0.25) is 15.9 Å². The SMILES string of the molecule is COc1ccc(S(=O)(=O)N2CCN(C(C)C(=O)Nc3ccc(F)cc3)CC2)cc1[N+](=O)[O-]. The third-order valence-electron chi connectivity index (χ3n) is 5.30. The van der Waals surface area contributed by atoms with Crippen molar-refractivity contribution in [1.82, 2.24) is 9.21 Å². The van der Waals surface area contributed by atoms with Crippen LogP contribution in [0.2, 0.25) is 0 Å². The van der Waals surface area contributed by atoms with Gasteiger partial charge in [0.05, 0.1) is 23.0 Å². The minimum atomic E-state index is -3.95. The molecule has 1 unspecified atom stereocenters. The molecule has 0 bridgehead atoms. The normalized spacial score (nSPS) is 16.3. The number of nitro groups is 1. The Labute approximate surface area is 184 Å². The largest absolute Gasteiger partial charge is 0.490 e. The first-order chi connectivity index (χ1) is 15.1. The molecule has 1 N–H and O–H groups in total. The van der Waals surface area contributed by atoms with Gasteiger partial charge in [-0.1, -0.05) is 0 Å². The lowest BCUT2D eigenvalue weighted by Crippen LogP contribution is -2.53. The van der Waals surface area contributed by atoms with Crippen LogP contribution in [0.25, 0.3) is 0 Å². The van der Waals surface area contributed by atoms with Gasteiger partial charge < -0.3 is 10.1 Å². The Kier molecular flexibility index (Phi) is 7.06. The smallest absolute Gasteiger partial charge is 0.312 e. The number of rotatable bonds is 7. The summed E-state index contributed by atoms with van der Waals surface area (Å²) in [4.78, 5) is 24.7. The van der Waals surface area contributed by atoms with E-state index in [1.54, 1.807) is 6.92 Å². The second kappa shape index (κ2) is 9.59. The van der Waals surface area contributed by atoms with Crippen molar-refractivity contribution in [2.24, 2.45) is 0 Å². The van der Waals surface area contributed by atoms with E-state index in [9.17, 15) is 27.7 Å². The fraction of sp³-hybridized carbons (Fsp3) is 0.350. The van der Waals surface area contributed by atoms with E-state index in [2.05, 4.69) is 5.32 Å². The molecule has 1 heterocycles. The van der Waals surface area contributed by atoms with E-state index in [4.69, 9.17) is 4.74 Å². The van der Waals surface area contributed by atoms with Crippen molar-refractivity contribution in [3.05, 3.63) is 58.4 Å². The summed E-state index contributed by atoms with van der Waals surface area (Å²) >= 11 is 0. The number of nitrogens with zero attached hydrogens (tertiary/aromatic N) is 3. The molecular formula is C20H23FN4O6S. The number of ether oxygens (including phenoxy) is 1. The van der Waals surface area contributed by atoms with E-state index >= 15 is 0 Å². The van der Waals surface area contributed by atoms with Gasteiger partial charge in [-0.05, 0) is 43.3 Å². The van der Waals surface area contributed by atoms with Crippen LogP contribution in [0.5, 0.6) is 5.75 Å². The Morgan fingerprint density at radius 2 is 1.78 bits per heavy atom. The molecule has 1 aliphatic rings. The van der Waals surface area contributed by atoms with E-state index in [1.165, 1.54) is 47.8 Å². The van der Waals surface area contributed by atoms with Gasteiger partial charge in [-0.3, -0.25) is 19.8 Å². The highest BCUT2D eigenvalue weighted by Crippen LogP contribution is 2.31. The number of hydrogen-bond acceptors (Lipinski definition) is 7. The lowest BCUT2D eigenvalue weighted by atomic mass is 10.2. The standard InChI is InChI=1S/C20H23FN4O6S/c1-14(20(26)22-16-5-3-15(21)4-6-16)23-9-11-24(12-10-23)32(29,30)17-7-8-19(31-2)18(13-17)25(27)28/h3-8,13-14H,9-12H2,1-2H3,(H,22,26). The molecule has 1 fully saturated rings. The molecule has 3 rings (SSSR count). The van der Waals surface area contributed by atoms with E-state index in [-0.39, 0.29) is 29.6 Å². The second-order valence-corrected chi connectivity index (χ2v) is 9.14. The van der Waals surface area contributed by atoms with Gasteiger partial charge >= 0.3 is 5.69 Å². The zero-order chi connectivity index (χ0) is 23.5. The van der Waals surface area contributed by atoms with Crippen LogP contribution in [0.3, 0.4) is 0 Å². The maximum absolute atomic E-state index is 13.0. The van der Waals surface area contributed by atoms with Gasteiger partial charge in [-0.25, -0.2) is 12.8 Å². The third kappa shape index (κ3) is 5.03. The Morgan fingerprint density at radius 3 is 2.34 bits per heavy atom. The average Bonchev–Trinajstić information content (AvgIpc) is 2.79. The summed E-state index contributed by atoms with van der Waals surface area (Å²) in [5, 5.41) is 13.9. The van der Waals surface area contributed by atoms with Crippen molar-refractivity contribution in [2.45, 2.75) is 17.9 Å². The van der Waals surface area contributed by atoms with Crippen LogP contribution in [-0.4, -0.2) is 67.8 Å². The highest BCUT2D eigenvalue weighted by atomic mass is 32.2. The molecular weight excluding hydrogens is 443 g/mol. The number of anilines is 1. The Hall–Kier alpha value is -3.09. The zero-order valence-corrected chi connectivity index (χ0v) is 18.3. The fourth-order valence-corrected chi connectivity index (χ4v) is 4.84. The number of nitro benzene ring substituents is 1. The topological polar surface area (TPSA) is 122 Å². The van der Waals surface area contributed by atoms with Crippen LogP contribution < -0.4 is 10.1 Å². The summed E-state index contributed by atoms with van der Waals surface area (Å²) in [7, 11) is -2.69. The maximum atomic E-state index is 13.0. The number of nitrogens with one attached hydrogen (secondary N) is 1. The maximum Gasteiger partial charge on any atom is 0.312 e.